The third-order valence-electron chi connectivity index (χ3n) is 4.87. The van der Waals surface area contributed by atoms with Crippen LogP contribution in [0.3, 0.4) is 0 Å². The van der Waals surface area contributed by atoms with Crippen molar-refractivity contribution in [3.8, 4) is 11.5 Å². The number of benzene rings is 1. The zero-order valence-electron chi connectivity index (χ0n) is 15.7. The lowest BCUT2D eigenvalue weighted by Gasteiger charge is -2.29. The summed E-state index contributed by atoms with van der Waals surface area (Å²) < 4.78 is 34.3. The van der Waals surface area contributed by atoms with Gasteiger partial charge in [0.15, 0.2) is 18.0 Å². The van der Waals surface area contributed by atoms with Gasteiger partial charge < -0.3 is 19.7 Å². The minimum atomic E-state index is -2.89. The first-order valence-corrected chi connectivity index (χ1v) is 9.11. The Morgan fingerprint density at radius 3 is 2.69 bits per heavy atom. The van der Waals surface area contributed by atoms with Gasteiger partial charge in [0.25, 0.3) is 5.91 Å². The molecule has 1 aromatic rings. The van der Waals surface area contributed by atoms with Gasteiger partial charge in [-0.15, -0.1) is 0 Å². The fraction of sp³-hybridized carbons (Fsp3) is 0.632. The number of carbonyl (C=O) groups is 1. The third-order valence-corrected chi connectivity index (χ3v) is 4.87. The fourth-order valence-electron chi connectivity index (χ4n) is 3.49. The molecule has 26 heavy (non-hydrogen) atoms. The Morgan fingerprint density at radius 2 is 2.04 bits per heavy atom. The Labute approximate surface area is 153 Å². The van der Waals surface area contributed by atoms with Crippen molar-refractivity contribution >= 4 is 5.91 Å². The summed E-state index contributed by atoms with van der Waals surface area (Å²) in [4.78, 5) is 13.3. The molecule has 0 radical (unpaired) electrons. The van der Waals surface area contributed by atoms with Crippen LogP contribution < -0.4 is 19.7 Å². The molecule has 1 aliphatic rings. The van der Waals surface area contributed by atoms with Crippen LogP contribution in [0.1, 0.15) is 38.2 Å². The van der Waals surface area contributed by atoms with Crippen LogP contribution in [0.4, 0.5) is 8.78 Å². The van der Waals surface area contributed by atoms with Crippen molar-refractivity contribution in [3.05, 3.63) is 23.8 Å². The number of nitrogens with one attached hydrogen (secondary N) is 2. The van der Waals surface area contributed by atoms with E-state index in [0.29, 0.717) is 19.0 Å². The quantitative estimate of drug-likeness (QED) is 0.735. The van der Waals surface area contributed by atoms with Crippen LogP contribution in [0.15, 0.2) is 18.2 Å². The van der Waals surface area contributed by atoms with Gasteiger partial charge >= 0.3 is 6.61 Å². The predicted molar refractivity (Wildman–Crippen MR) is 94.6 cm³/mol. The molecule has 1 aliphatic carbocycles. The summed E-state index contributed by atoms with van der Waals surface area (Å²) in [5, 5.41) is 3.15. The summed E-state index contributed by atoms with van der Waals surface area (Å²) in [6.45, 7) is 0.240. The van der Waals surface area contributed by atoms with Gasteiger partial charge in [0.2, 0.25) is 0 Å². The van der Waals surface area contributed by atoms with Gasteiger partial charge in [-0.3, -0.25) is 4.79 Å². The van der Waals surface area contributed by atoms with Crippen molar-refractivity contribution in [2.75, 3.05) is 20.7 Å². The average Bonchev–Trinajstić information content (AvgIpc) is 2.57. The molecule has 7 heteroatoms. The molecular formula is C19H29F2N2O3+. The molecule has 0 aromatic heterocycles. The first-order valence-electron chi connectivity index (χ1n) is 9.11. The van der Waals surface area contributed by atoms with Crippen LogP contribution in [-0.2, 0) is 11.3 Å². The Balaban J connectivity index is 1.88. The SMILES string of the molecule is COc1cc(C[NH+](C)CC(=O)N[C@H]2CCCC[C@H]2C)ccc1OC(F)F. The van der Waals surface area contributed by atoms with Crippen LogP contribution >= 0.6 is 0 Å². The Bertz CT molecular complexity index is 598. The number of hydrogen-bond acceptors (Lipinski definition) is 3. The Kier molecular flexibility index (Phi) is 7.63. The number of methoxy groups -OCH3 is 1. The molecule has 1 fully saturated rings. The van der Waals surface area contributed by atoms with E-state index in [-0.39, 0.29) is 23.4 Å². The molecule has 0 heterocycles. The predicted octanol–water partition coefficient (Wildman–Crippen LogP) is 2.01. The van der Waals surface area contributed by atoms with E-state index in [1.807, 2.05) is 7.05 Å². The molecule has 0 saturated heterocycles. The normalized spacial score (nSPS) is 21.3. The molecule has 2 rings (SSSR count). The maximum atomic E-state index is 12.4. The topological polar surface area (TPSA) is 52.0 Å². The van der Waals surface area contributed by atoms with Crippen LogP contribution in [0, 0.1) is 5.92 Å². The number of quaternary nitrogens is 1. The summed E-state index contributed by atoms with van der Waals surface area (Å²) in [5.41, 5.74) is 0.889. The summed E-state index contributed by atoms with van der Waals surface area (Å²) in [5.74, 6) is 0.842. The summed E-state index contributed by atoms with van der Waals surface area (Å²) >= 11 is 0. The third kappa shape index (κ3) is 6.12. The zero-order valence-corrected chi connectivity index (χ0v) is 15.7. The minimum absolute atomic E-state index is 0.00734. The maximum Gasteiger partial charge on any atom is 0.387 e. The van der Waals surface area contributed by atoms with E-state index in [1.54, 1.807) is 12.1 Å². The van der Waals surface area contributed by atoms with Crippen molar-refractivity contribution in [1.29, 1.82) is 0 Å². The van der Waals surface area contributed by atoms with Crippen LogP contribution in [-0.4, -0.2) is 39.3 Å². The van der Waals surface area contributed by atoms with Gasteiger partial charge in [-0.1, -0.05) is 19.8 Å². The maximum absolute atomic E-state index is 12.4. The lowest BCUT2D eigenvalue weighted by molar-refractivity contribution is -0.885. The van der Waals surface area contributed by atoms with E-state index in [9.17, 15) is 13.6 Å². The van der Waals surface area contributed by atoms with Crippen molar-refractivity contribution < 1.29 is 27.9 Å². The molecule has 0 bridgehead atoms. The highest BCUT2D eigenvalue weighted by molar-refractivity contribution is 5.77. The van der Waals surface area contributed by atoms with Crippen LogP contribution in [0.5, 0.6) is 11.5 Å². The van der Waals surface area contributed by atoms with Gasteiger partial charge in [0, 0.05) is 11.6 Å². The van der Waals surface area contributed by atoms with Crippen LogP contribution in [0.25, 0.3) is 0 Å². The van der Waals surface area contributed by atoms with E-state index < -0.39 is 6.61 Å². The first kappa shape index (κ1) is 20.4. The number of carbonyl (C=O) groups excluding carboxylic acids is 1. The molecule has 146 valence electrons. The Morgan fingerprint density at radius 1 is 1.31 bits per heavy atom. The average molecular weight is 371 g/mol. The number of alkyl halides is 2. The van der Waals surface area contributed by atoms with Crippen molar-refractivity contribution in [2.24, 2.45) is 5.92 Å². The van der Waals surface area contributed by atoms with Gasteiger partial charge in [-0.2, -0.15) is 8.78 Å². The van der Waals surface area contributed by atoms with E-state index in [4.69, 9.17) is 4.74 Å². The number of rotatable bonds is 8. The number of amides is 1. The summed E-state index contributed by atoms with van der Waals surface area (Å²) in [6, 6.07) is 5.12. The second-order valence-electron chi connectivity index (χ2n) is 7.11. The van der Waals surface area contributed by atoms with Gasteiger partial charge in [0.05, 0.1) is 14.2 Å². The molecule has 1 amide bonds. The second-order valence-corrected chi connectivity index (χ2v) is 7.11. The molecule has 1 aromatic carbocycles. The summed E-state index contributed by atoms with van der Waals surface area (Å²) in [7, 11) is 3.34. The first-order chi connectivity index (χ1) is 12.4. The van der Waals surface area contributed by atoms with Gasteiger partial charge in [-0.05, 0) is 37.0 Å². The van der Waals surface area contributed by atoms with E-state index in [2.05, 4.69) is 17.0 Å². The number of likely N-dealkylation sites (N-methyl/N-ethyl adjacent to an activating group) is 1. The number of ether oxygens (including phenoxy) is 2. The van der Waals surface area contributed by atoms with E-state index >= 15 is 0 Å². The lowest BCUT2D eigenvalue weighted by Crippen LogP contribution is -3.09. The second kappa shape index (κ2) is 9.71. The monoisotopic (exact) mass is 371 g/mol. The minimum Gasteiger partial charge on any atom is -0.493 e. The Hall–Kier alpha value is -1.89. The van der Waals surface area contributed by atoms with Crippen molar-refractivity contribution in [3.63, 3.8) is 0 Å². The molecule has 2 N–H and O–H groups in total. The smallest absolute Gasteiger partial charge is 0.387 e. The molecule has 1 saturated carbocycles. The van der Waals surface area contributed by atoms with Crippen LogP contribution in [0.2, 0.25) is 0 Å². The molecule has 3 atom stereocenters. The fourth-order valence-corrected chi connectivity index (χ4v) is 3.49. The molecule has 1 unspecified atom stereocenters. The standard InChI is InChI=1S/C19H28F2N2O3/c1-13-6-4-5-7-15(13)22-18(24)12-23(2)11-14-8-9-16(26-19(20)21)17(10-14)25-3/h8-10,13,15,19H,4-7,11-12H2,1-3H3,(H,22,24)/p+1/t13-,15+/m1/s1. The van der Waals surface area contributed by atoms with Gasteiger partial charge in [-0.25, -0.2) is 0 Å². The zero-order chi connectivity index (χ0) is 19.1. The number of halogens is 2. The van der Waals surface area contributed by atoms with Crippen molar-refractivity contribution in [1.82, 2.24) is 5.32 Å². The highest BCUT2D eigenvalue weighted by Gasteiger charge is 2.24. The van der Waals surface area contributed by atoms with Gasteiger partial charge in [0.1, 0.15) is 6.54 Å². The molecule has 5 nitrogen and oxygen atoms in total. The highest BCUT2D eigenvalue weighted by Crippen LogP contribution is 2.29. The summed E-state index contributed by atoms with van der Waals surface area (Å²) in [6.07, 6.45) is 4.63. The highest BCUT2D eigenvalue weighted by atomic mass is 19.3. The van der Waals surface area contributed by atoms with E-state index in [1.165, 1.54) is 32.4 Å². The molecule has 0 aliphatic heterocycles. The number of hydrogen-bond donors (Lipinski definition) is 2. The molecular weight excluding hydrogens is 342 g/mol. The van der Waals surface area contributed by atoms with E-state index in [0.717, 1.165) is 16.9 Å². The van der Waals surface area contributed by atoms with Crippen molar-refractivity contribution in [2.45, 2.75) is 51.8 Å². The largest absolute Gasteiger partial charge is 0.493 e. The lowest BCUT2D eigenvalue weighted by atomic mass is 9.86. The molecule has 0 spiro atoms.